The monoisotopic (exact) mass is 302 g/mol. The Morgan fingerprint density at radius 1 is 1.26 bits per heavy atom. The van der Waals surface area contributed by atoms with Crippen LogP contribution in [0, 0.1) is 0 Å². The molecular weight excluding hydrogens is 288 g/mol. The predicted octanol–water partition coefficient (Wildman–Crippen LogP) is 1.43. The number of nitrogens with zero attached hydrogens (tertiary/aromatic N) is 2. The lowest BCUT2D eigenvalue weighted by Gasteiger charge is -2.39. The molecule has 1 aliphatic heterocycles. The van der Waals surface area contributed by atoms with Gasteiger partial charge in [-0.15, -0.1) is 11.6 Å². The van der Waals surface area contributed by atoms with Gasteiger partial charge < -0.3 is 4.90 Å². The molecule has 7 heteroatoms. The first-order chi connectivity index (χ1) is 8.88. The van der Waals surface area contributed by atoms with E-state index in [4.69, 9.17) is 11.6 Å². The summed E-state index contributed by atoms with van der Waals surface area (Å²) in [6.45, 7) is 0. The third-order valence-electron chi connectivity index (χ3n) is 3.12. The third kappa shape index (κ3) is 2.42. The number of para-hydroxylation sites is 2. The van der Waals surface area contributed by atoms with Gasteiger partial charge in [0, 0.05) is 12.9 Å². The van der Waals surface area contributed by atoms with Gasteiger partial charge in [0.2, 0.25) is 10.0 Å². The van der Waals surface area contributed by atoms with Crippen LogP contribution in [-0.4, -0.2) is 39.6 Å². The summed E-state index contributed by atoms with van der Waals surface area (Å²) in [6, 6.07) is 6.17. The molecule has 1 aromatic rings. The molecule has 1 aliphatic rings. The van der Waals surface area contributed by atoms with Gasteiger partial charge in [0.05, 0.1) is 17.6 Å². The maximum absolute atomic E-state index is 12.3. The zero-order valence-corrected chi connectivity index (χ0v) is 12.3. The number of carbonyl (C=O) groups is 1. The van der Waals surface area contributed by atoms with Gasteiger partial charge in [0.15, 0.2) is 0 Å². The fourth-order valence-electron chi connectivity index (χ4n) is 2.30. The van der Waals surface area contributed by atoms with E-state index >= 15 is 0 Å². The molecular formula is C12H15ClN2O3S. The van der Waals surface area contributed by atoms with E-state index in [2.05, 4.69) is 0 Å². The number of hydrogen-bond acceptors (Lipinski definition) is 3. The van der Waals surface area contributed by atoms with E-state index in [9.17, 15) is 13.2 Å². The minimum Gasteiger partial charge on any atom is -0.312 e. The van der Waals surface area contributed by atoms with Gasteiger partial charge in [0.25, 0.3) is 5.91 Å². The molecule has 0 saturated heterocycles. The lowest BCUT2D eigenvalue weighted by molar-refractivity contribution is -0.119. The maximum Gasteiger partial charge on any atom is 0.250 e. The highest BCUT2D eigenvalue weighted by atomic mass is 35.5. The third-order valence-corrected chi connectivity index (χ3v) is 4.50. The minimum absolute atomic E-state index is 0.221. The Balaban J connectivity index is 2.64. The fraction of sp³-hybridized carbons (Fsp3) is 0.417. The van der Waals surface area contributed by atoms with Crippen LogP contribution in [0.4, 0.5) is 11.4 Å². The quantitative estimate of drug-likeness (QED) is 0.794. The number of amides is 1. The van der Waals surface area contributed by atoms with E-state index in [1.165, 1.54) is 9.21 Å². The van der Waals surface area contributed by atoms with Crippen molar-refractivity contribution in [2.24, 2.45) is 0 Å². The lowest BCUT2D eigenvalue weighted by Crippen LogP contribution is -2.54. The van der Waals surface area contributed by atoms with Crippen LogP contribution >= 0.6 is 11.6 Å². The number of halogens is 1. The van der Waals surface area contributed by atoms with Crippen LogP contribution in [0.25, 0.3) is 0 Å². The van der Waals surface area contributed by atoms with Gasteiger partial charge in [-0.2, -0.15) is 0 Å². The molecule has 0 fully saturated rings. The van der Waals surface area contributed by atoms with Crippen LogP contribution in [0.3, 0.4) is 0 Å². The summed E-state index contributed by atoms with van der Waals surface area (Å²) < 4.78 is 25.2. The molecule has 104 valence electrons. The highest BCUT2D eigenvalue weighted by Crippen LogP contribution is 2.37. The van der Waals surface area contributed by atoms with Gasteiger partial charge in [-0.25, -0.2) is 8.42 Å². The highest BCUT2D eigenvalue weighted by molar-refractivity contribution is 7.92. The average molecular weight is 303 g/mol. The summed E-state index contributed by atoms with van der Waals surface area (Å²) in [4.78, 5) is 13.8. The molecule has 1 aromatic carbocycles. The summed E-state index contributed by atoms with van der Waals surface area (Å²) in [6.07, 6.45) is 1.38. The van der Waals surface area contributed by atoms with Gasteiger partial charge >= 0.3 is 0 Å². The highest BCUT2D eigenvalue weighted by Gasteiger charge is 2.40. The predicted molar refractivity (Wildman–Crippen MR) is 76.3 cm³/mol. The summed E-state index contributed by atoms with van der Waals surface area (Å²) in [5.41, 5.74) is 1.10. The number of fused-ring (bicyclic) bond motifs is 1. The Morgan fingerprint density at radius 3 is 2.37 bits per heavy atom. The molecule has 2 rings (SSSR count). The zero-order valence-electron chi connectivity index (χ0n) is 10.7. The molecule has 1 atom stereocenters. The second-order valence-electron chi connectivity index (χ2n) is 4.44. The van der Waals surface area contributed by atoms with E-state index in [0.717, 1.165) is 6.26 Å². The molecule has 1 heterocycles. The number of carbonyl (C=O) groups excluding carboxylic acids is 1. The van der Waals surface area contributed by atoms with Gasteiger partial charge in [0.1, 0.15) is 6.04 Å². The van der Waals surface area contributed by atoms with Crippen LogP contribution in [0.5, 0.6) is 0 Å². The number of likely N-dealkylation sites (N-methyl/N-ethyl adjacent to an activating group) is 1. The van der Waals surface area contributed by atoms with Crippen molar-refractivity contribution in [2.75, 3.05) is 28.4 Å². The first-order valence-corrected chi connectivity index (χ1v) is 8.18. The Kier molecular flexibility index (Phi) is 3.73. The van der Waals surface area contributed by atoms with Crippen LogP contribution in [0.2, 0.25) is 0 Å². The number of benzene rings is 1. The van der Waals surface area contributed by atoms with Crippen LogP contribution in [0.15, 0.2) is 24.3 Å². The van der Waals surface area contributed by atoms with E-state index in [-0.39, 0.29) is 18.2 Å². The number of anilines is 2. The standard InChI is InChI=1S/C12H15ClN2O3S/c1-14-9-5-3-4-6-10(9)15(19(2,17)18)11(7-8-13)12(14)16/h3-6,11H,7-8H2,1-2H3. The average Bonchev–Trinajstić information content (AvgIpc) is 2.34. The fourth-order valence-corrected chi connectivity index (χ4v) is 3.67. The molecule has 5 nitrogen and oxygen atoms in total. The van der Waals surface area contributed by atoms with E-state index in [0.29, 0.717) is 11.4 Å². The second kappa shape index (κ2) is 5.02. The maximum atomic E-state index is 12.3. The first-order valence-electron chi connectivity index (χ1n) is 5.80. The molecule has 1 amide bonds. The van der Waals surface area contributed by atoms with Crippen LogP contribution in [0.1, 0.15) is 6.42 Å². The van der Waals surface area contributed by atoms with Crippen molar-refractivity contribution in [3.63, 3.8) is 0 Å². The molecule has 1 unspecified atom stereocenters. The SMILES string of the molecule is CN1C(=O)C(CCCl)N(S(C)(=O)=O)c2ccccc21. The second-order valence-corrected chi connectivity index (χ2v) is 6.68. The van der Waals surface area contributed by atoms with Gasteiger partial charge in [-0.1, -0.05) is 12.1 Å². The summed E-state index contributed by atoms with van der Waals surface area (Å²) in [7, 11) is -1.90. The molecule has 0 aliphatic carbocycles. The lowest BCUT2D eigenvalue weighted by atomic mass is 10.1. The largest absolute Gasteiger partial charge is 0.312 e. The van der Waals surface area contributed by atoms with E-state index in [1.54, 1.807) is 31.3 Å². The number of hydrogen-bond donors (Lipinski definition) is 0. The Labute approximate surface area is 117 Å². The molecule has 0 spiro atoms. The van der Waals surface area contributed by atoms with Crippen LogP contribution in [-0.2, 0) is 14.8 Å². The number of rotatable bonds is 3. The number of alkyl halides is 1. The molecule has 19 heavy (non-hydrogen) atoms. The molecule has 0 saturated carbocycles. The molecule has 0 aromatic heterocycles. The smallest absolute Gasteiger partial charge is 0.250 e. The first kappa shape index (κ1) is 14.1. The number of sulfonamides is 1. The van der Waals surface area contributed by atoms with Gasteiger partial charge in [-0.3, -0.25) is 9.10 Å². The molecule has 0 bridgehead atoms. The van der Waals surface area contributed by atoms with Crippen LogP contribution < -0.4 is 9.21 Å². The summed E-state index contributed by atoms with van der Waals surface area (Å²) >= 11 is 5.70. The molecule has 0 N–H and O–H groups in total. The summed E-state index contributed by atoms with van der Waals surface area (Å²) in [5, 5.41) is 0. The van der Waals surface area contributed by atoms with Crippen molar-refractivity contribution in [2.45, 2.75) is 12.5 Å². The van der Waals surface area contributed by atoms with Gasteiger partial charge in [-0.05, 0) is 18.6 Å². The van der Waals surface area contributed by atoms with Crippen molar-refractivity contribution in [3.05, 3.63) is 24.3 Å². The topological polar surface area (TPSA) is 57.7 Å². The van der Waals surface area contributed by atoms with E-state index < -0.39 is 16.1 Å². The Morgan fingerprint density at radius 2 is 1.84 bits per heavy atom. The van der Waals surface area contributed by atoms with E-state index in [1.807, 2.05) is 0 Å². The van der Waals surface area contributed by atoms with Crippen molar-refractivity contribution in [1.82, 2.24) is 0 Å². The zero-order chi connectivity index (χ0) is 14.2. The van der Waals surface area contributed by atoms with Crippen molar-refractivity contribution < 1.29 is 13.2 Å². The Hall–Kier alpha value is -1.27. The van der Waals surface area contributed by atoms with Crippen molar-refractivity contribution >= 4 is 38.9 Å². The molecule has 0 radical (unpaired) electrons. The Bertz CT molecular complexity index is 603. The summed E-state index contributed by atoms with van der Waals surface area (Å²) in [5.74, 6) is -0.0388. The van der Waals surface area contributed by atoms with Crippen molar-refractivity contribution in [1.29, 1.82) is 0 Å². The normalized spacial score (nSPS) is 19.5. The van der Waals surface area contributed by atoms with Crippen molar-refractivity contribution in [3.8, 4) is 0 Å². The minimum atomic E-state index is -3.54.